The summed E-state index contributed by atoms with van der Waals surface area (Å²) < 4.78 is 16.5. The Morgan fingerprint density at radius 3 is 2.87 bits per heavy atom. The number of amides is 1. The molecule has 0 unspecified atom stereocenters. The van der Waals surface area contributed by atoms with Gasteiger partial charge in [-0.25, -0.2) is 0 Å². The van der Waals surface area contributed by atoms with Crippen molar-refractivity contribution in [2.75, 3.05) is 13.7 Å². The van der Waals surface area contributed by atoms with Crippen LogP contribution in [-0.2, 0) is 13.0 Å². The Morgan fingerprint density at radius 2 is 2.03 bits per heavy atom. The zero-order chi connectivity index (χ0) is 20.9. The molecule has 6 nitrogen and oxygen atoms in total. The molecule has 2 aromatic heterocycles. The molecular formula is C23H21ClN2O4. The van der Waals surface area contributed by atoms with Crippen LogP contribution in [-0.4, -0.2) is 24.5 Å². The smallest absolute Gasteiger partial charge is 0.287 e. The maximum Gasteiger partial charge on any atom is 0.287 e. The quantitative estimate of drug-likeness (QED) is 0.418. The summed E-state index contributed by atoms with van der Waals surface area (Å²) in [4.78, 5) is 15.6. The maximum atomic E-state index is 12.4. The van der Waals surface area contributed by atoms with Gasteiger partial charge in [0, 0.05) is 29.7 Å². The van der Waals surface area contributed by atoms with Crippen LogP contribution in [0.5, 0.6) is 11.5 Å². The Labute approximate surface area is 178 Å². The van der Waals surface area contributed by atoms with E-state index in [-0.39, 0.29) is 18.3 Å². The zero-order valence-corrected chi connectivity index (χ0v) is 17.2. The molecule has 154 valence electrons. The van der Waals surface area contributed by atoms with E-state index in [2.05, 4.69) is 10.3 Å². The van der Waals surface area contributed by atoms with Crippen LogP contribution in [0.15, 0.2) is 65.2 Å². The highest BCUT2D eigenvalue weighted by Crippen LogP contribution is 2.25. The van der Waals surface area contributed by atoms with Gasteiger partial charge in [0.15, 0.2) is 5.76 Å². The predicted molar refractivity (Wildman–Crippen MR) is 115 cm³/mol. The topological polar surface area (TPSA) is 76.5 Å². The van der Waals surface area contributed by atoms with Gasteiger partial charge in [-0.1, -0.05) is 23.7 Å². The Kier molecular flexibility index (Phi) is 5.95. The van der Waals surface area contributed by atoms with Crippen molar-refractivity contribution in [3.63, 3.8) is 0 Å². The van der Waals surface area contributed by atoms with Crippen LogP contribution < -0.4 is 14.8 Å². The fourth-order valence-electron chi connectivity index (χ4n) is 3.19. The van der Waals surface area contributed by atoms with E-state index >= 15 is 0 Å². The van der Waals surface area contributed by atoms with Crippen LogP contribution in [0, 0.1) is 0 Å². The second-order valence-electron chi connectivity index (χ2n) is 6.72. The number of carbonyl (C=O) groups excluding carboxylic acids is 1. The fraction of sp³-hybridized carbons (Fsp3) is 0.174. The van der Waals surface area contributed by atoms with Crippen molar-refractivity contribution >= 4 is 28.4 Å². The minimum absolute atomic E-state index is 0.190. The van der Waals surface area contributed by atoms with Crippen LogP contribution in [0.2, 0.25) is 5.02 Å². The highest BCUT2D eigenvalue weighted by atomic mass is 35.5. The third-order valence-corrected chi connectivity index (χ3v) is 5.06. The molecule has 0 bridgehead atoms. The number of halogens is 1. The molecule has 0 spiro atoms. The molecule has 30 heavy (non-hydrogen) atoms. The molecule has 0 aliphatic rings. The lowest BCUT2D eigenvalue weighted by molar-refractivity contribution is 0.0922. The number of ether oxygens (including phenoxy) is 2. The van der Waals surface area contributed by atoms with Crippen LogP contribution >= 0.6 is 11.6 Å². The van der Waals surface area contributed by atoms with E-state index in [1.54, 1.807) is 31.4 Å². The third-order valence-electron chi connectivity index (χ3n) is 4.75. The highest BCUT2D eigenvalue weighted by Gasteiger charge is 2.12. The summed E-state index contributed by atoms with van der Waals surface area (Å²) in [6, 6.07) is 16.4. The average Bonchev–Trinajstić information content (AvgIpc) is 3.40. The average molecular weight is 425 g/mol. The monoisotopic (exact) mass is 424 g/mol. The molecule has 0 saturated carbocycles. The molecule has 4 aromatic rings. The number of hydrogen-bond donors (Lipinski definition) is 2. The van der Waals surface area contributed by atoms with E-state index < -0.39 is 0 Å². The van der Waals surface area contributed by atoms with Crippen molar-refractivity contribution in [2.24, 2.45) is 0 Å². The molecule has 2 aromatic carbocycles. The molecule has 0 saturated heterocycles. The van der Waals surface area contributed by atoms with Crippen molar-refractivity contribution in [1.29, 1.82) is 0 Å². The molecule has 0 aliphatic heterocycles. The number of furan rings is 1. The van der Waals surface area contributed by atoms with Gasteiger partial charge in [0.1, 0.15) is 23.9 Å². The maximum absolute atomic E-state index is 12.4. The Morgan fingerprint density at radius 1 is 1.17 bits per heavy atom. The van der Waals surface area contributed by atoms with Gasteiger partial charge in [0.2, 0.25) is 0 Å². The normalized spacial score (nSPS) is 10.9. The van der Waals surface area contributed by atoms with Gasteiger partial charge >= 0.3 is 0 Å². The number of aromatic nitrogens is 1. The summed E-state index contributed by atoms with van der Waals surface area (Å²) in [6.07, 6.45) is 2.65. The van der Waals surface area contributed by atoms with E-state index in [4.69, 9.17) is 25.5 Å². The summed E-state index contributed by atoms with van der Waals surface area (Å²) in [6.45, 7) is 0.680. The van der Waals surface area contributed by atoms with Crippen LogP contribution in [0.3, 0.4) is 0 Å². The second-order valence-corrected chi connectivity index (χ2v) is 7.12. The minimum atomic E-state index is -0.263. The van der Waals surface area contributed by atoms with Crippen molar-refractivity contribution in [3.8, 4) is 11.5 Å². The zero-order valence-electron chi connectivity index (χ0n) is 16.4. The Balaban J connectivity index is 1.30. The molecule has 2 N–H and O–H groups in total. The summed E-state index contributed by atoms with van der Waals surface area (Å²) in [5.41, 5.74) is 2.13. The van der Waals surface area contributed by atoms with Crippen molar-refractivity contribution in [2.45, 2.75) is 13.0 Å². The second kappa shape index (κ2) is 8.97. The van der Waals surface area contributed by atoms with Crippen molar-refractivity contribution < 1.29 is 18.7 Å². The standard InChI is InChI=1S/C23H21ClN2O4/c1-28-16-6-8-18-15(13-26-20(18)12-16)10-11-25-23(27)22-9-7-17(30-22)14-29-21-5-3-2-4-19(21)24/h2-9,12-13,26H,10-11,14H2,1H3,(H,25,27). The first-order valence-electron chi connectivity index (χ1n) is 9.52. The van der Waals surface area contributed by atoms with Gasteiger partial charge in [0.25, 0.3) is 5.91 Å². The number of aromatic amines is 1. The molecule has 7 heteroatoms. The third kappa shape index (κ3) is 4.44. The summed E-state index contributed by atoms with van der Waals surface area (Å²) in [5, 5.41) is 4.53. The minimum Gasteiger partial charge on any atom is -0.497 e. The molecule has 0 fully saturated rings. The predicted octanol–water partition coefficient (Wildman–Crippen LogP) is 4.97. The summed E-state index contributed by atoms with van der Waals surface area (Å²) in [7, 11) is 1.64. The molecule has 4 rings (SSSR count). The van der Waals surface area contributed by atoms with Gasteiger partial charge in [-0.3, -0.25) is 4.79 Å². The Bertz CT molecular complexity index is 1160. The number of rotatable bonds is 8. The van der Waals surface area contributed by atoms with E-state index in [1.807, 2.05) is 36.5 Å². The molecule has 0 aliphatic carbocycles. The number of benzene rings is 2. The van der Waals surface area contributed by atoms with E-state index in [1.165, 1.54) is 0 Å². The first-order chi connectivity index (χ1) is 14.6. The van der Waals surface area contributed by atoms with E-state index in [9.17, 15) is 4.79 Å². The first-order valence-corrected chi connectivity index (χ1v) is 9.90. The van der Waals surface area contributed by atoms with Crippen LogP contribution in [0.4, 0.5) is 0 Å². The summed E-state index contributed by atoms with van der Waals surface area (Å²) in [5.74, 6) is 1.90. The number of carbonyl (C=O) groups is 1. The van der Waals surface area contributed by atoms with Gasteiger partial charge in [-0.2, -0.15) is 0 Å². The largest absolute Gasteiger partial charge is 0.497 e. The fourth-order valence-corrected chi connectivity index (χ4v) is 3.38. The lowest BCUT2D eigenvalue weighted by Gasteiger charge is -2.06. The van der Waals surface area contributed by atoms with Crippen molar-refractivity contribution in [3.05, 3.63) is 82.9 Å². The number of hydrogen-bond acceptors (Lipinski definition) is 4. The van der Waals surface area contributed by atoms with Gasteiger partial charge in [-0.05, 0) is 48.4 Å². The molecular weight excluding hydrogens is 404 g/mol. The first kappa shape index (κ1) is 19.9. The SMILES string of the molecule is COc1ccc2c(CCNC(=O)c3ccc(COc4ccccc4Cl)o3)c[nH]c2c1. The Hall–Kier alpha value is -3.38. The number of nitrogens with one attached hydrogen (secondary N) is 2. The molecule has 0 radical (unpaired) electrons. The van der Waals surface area contributed by atoms with E-state index in [0.29, 0.717) is 29.5 Å². The lowest BCUT2D eigenvalue weighted by atomic mass is 10.1. The van der Waals surface area contributed by atoms with Crippen molar-refractivity contribution in [1.82, 2.24) is 10.3 Å². The van der Waals surface area contributed by atoms with Gasteiger partial charge in [0.05, 0.1) is 12.1 Å². The number of H-pyrrole nitrogens is 1. The number of methoxy groups -OCH3 is 1. The number of para-hydroxylation sites is 1. The van der Waals surface area contributed by atoms with Gasteiger partial charge in [-0.15, -0.1) is 0 Å². The van der Waals surface area contributed by atoms with Crippen LogP contribution in [0.25, 0.3) is 10.9 Å². The summed E-state index contributed by atoms with van der Waals surface area (Å²) >= 11 is 6.07. The van der Waals surface area contributed by atoms with Gasteiger partial charge < -0.3 is 24.2 Å². The molecule has 0 atom stereocenters. The number of fused-ring (bicyclic) bond motifs is 1. The lowest BCUT2D eigenvalue weighted by Crippen LogP contribution is -2.25. The molecule has 2 heterocycles. The van der Waals surface area contributed by atoms with Crippen LogP contribution in [0.1, 0.15) is 21.9 Å². The molecule has 1 amide bonds. The highest BCUT2D eigenvalue weighted by molar-refractivity contribution is 6.32. The van der Waals surface area contributed by atoms with E-state index in [0.717, 1.165) is 22.2 Å².